The maximum Gasteiger partial charge on any atom is 0.0742 e. The zero-order valence-electron chi connectivity index (χ0n) is 16.2. The van der Waals surface area contributed by atoms with Gasteiger partial charge in [-0.15, -0.1) is 0 Å². The molecule has 1 heterocycles. The lowest BCUT2D eigenvalue weighted by Crippen LogP contribution is -2.62. The molecule has 0 bridgehead atoms. The summed E-state index contributed by atoms with van der Waals surface area (Å²) in [4.78, 5) is 2.84. The molecule has 2 heteroatoms. The van der Waals surface area contributed by atoms with E-state index < -0.39 is 0 Å². The number of hydrogen-bond donors (Lipinski definition) is 0. The summed E-state index contributed by atoms with van der Waals surface area (Å²) in [6.45, 7) is 18.1. The predicted octanol–water partition coefficient (Wildman–Crippen LogP) is 5.45. The summed E-state index contributed by atoms with van der Waals surface area (Å²) in [7, 11) is 6.66. The van der Waals surface area contributed by atoms with E-state index in [-0.39, 0.29) is 5.31 Å². The van der Waals surface area contributed by atoms with Crippen LogP contribution in [0.1, 0.15) is 87.0 Å². The van der Waals surface area contributed by atoms with E-state index in [1.165, 1.54) is 45.1 Å². The van der Waals surface area contributed by atoms with Gasteiger partial charge in [-0.1, -0.05) is 52.8 Å². The number of hydrogen-bond acceptors (Lipinski definition) is 1. The average Bonchev–Trinajstić information content (AvgIpc) is 2.51. The highest BCUT2D eigenvalue weighted by atomic mass is 15.2. The van der Waals surface area contributed by atoms with Gasteiger partial charge in [0.05, 0.1) is 7.85 Å². The third kappa shape index (κ3) is 3.02. The standard InChI is InChI=1S/C20H38BN/c1-8-20(9-2)17-10-12-19(7,21)14-18(5,6)16(17)11-13-22(20)15(3)4/h15-17H,8-14H2,1-7H3. The highest BCUT2D eigenvalue weighted by Gasteiger charge is 2.54. The number of fused-ring (bicyclic) bond motifs is 1. The van der Waals surface area contributed by atoms with Crippen molar-refractivity contribution in [1.82, 2.24) is 4.90 Å². The molecule has 22 heavy (non-hydrogen) atoms. The van der Waals surface area contributed by atoms with Crippen molar-refractivity contribution in [3.63, 3.8) is 0 Å². The Morgan fingerprint density at radius 2 is 1.64 bits per heavy atom. The topological polar surface area (TPSA) is 3.24 Å². The second kappa shape index (κ2) is 6.15. The second-order valence-corrected chi connectivity index (χ2v) is 9.46. The molecule has 0 spiro atoms. The zero-order valence-corrected chi connectivity index (χ0v) is 16.2. The molecule has 1 nitrogen and oxygen atoms in total. The molecule has 1 saturated heterocycles. The van der Waals surface area contributed by atoms with E-state index in [1.807, 2.05) is 0 Å². The molecule has 2 fully saturated rings. The first-order valence-electron chi connectivity index (χ1n) is 9.65. The van der Waals surface area contributed by atoms with Crippen LogP contribution in [0, 0.1) is 17.3 Å². The van der Waals surface area contributed by atoms with Crippen LogP contribution in [0.3, 0.4) is 0 Å². The van der Waals surface area contributed by atoms with Crippen molar-refractivity contribution >= 4 is 7.85 Å². The number of likely N-dealkylation sites (tertiary alicyclic amines) is 1. The van der Waals surface area contributed by atoms with Gasteiger partial charge in [-0.25, -0.2) is 0 Å². The molecule has 126 valence electrons. The highest BCUT2D eigenvalue weighted by molar-refractivity contribution is 6.14. The van der Waals surface area contributed by atoms with Crippen molar-refractivity contribution in [2.24, 2.45) is 17.3 Å². The molecule has 0 aromatic carbocycles. The molecule has 1 aliphatic carbocycles. The Balaban J connectivity index is 2.45. The molecule has 2 rings (SSSR count). The summed E-state index contributed by atoms with van der Waals surface area (Å²) in [5, 5.41) is 0.0106. The largest absolute Gasteiger partial charge is 0.295 e. The number of piperidine rings is 1. The van der Waals surface area contributed by atoms with E-state index in [9.17, 15) is 0 Å². The molecule has 2 radical (unpaired) electrons. The first kappa shape index (κ1) is 18.4. The van der Waals surface area contributed by atoms with Crippen LogP contribution in [0.4, 0.5) is 0 Å². The maximum absolute atomic E-state index is 6.66. The summed E-state index contributed by atoms with van der Waals surface area (Å²) in [5.41, 5.74) is 0.748. The van der Waals surface area contributed by atoms with Crippen LogP contribution in [0.2, 0.25) is 5.31 Å². The van der Waals surface area contributed by atoms with E-state index in [1.54, 1.807) is 0 Å². The van der Waals surface area contributed by atoms with Crippen molar-refractivity contribution < 1.29 is 0 Å². The second-order valence-electron chi connectivity index (χ2n) is 9.46. The molecule has 1 aliphatic heterocycles. The predicted molar refractivity (Wildman–Crippen MR) is 98.5 cm³/mol. The summed E-state index contributed by atoms with van der Waals surface area (Å²) < 4.78 is 0. The lowest BCUT2D eigenvalue weighted by molar-refractivity contribution is -0.0921. The minimum absolute atomic E-state index is 0.0106. The van der Waals surface area contributed by atoms with Crippen molar-refractivity contribution in [3.8, 4) is 0 Å². The van der Waals surface area contributed by atoms with E-state index in [0.29, 0.717) is 17.0 Å². The van der Waals surface area contributed by atoms with Crippen LogP contribution in [0.5, 0.6) is 0 Å². The third-order valence-electron chi connectivity index (χ3n) is 7.17. The van der Waals surface area contributed by atoms with E-state index in [4.69, 9.17) is 7.85 Å². The van der Waals surface area contributed by atoms with Crippen molar-refractivity contribution in [3.05, 3.63) is 0 Å². The van der Waals surface area contributed by atoms with Gasteiger partial charge in [0.1, 0.15) is 0 Å². The van der Waals surface area contributed by atoms with Gasteiger partial charge in [-0.05, 0) is 63.3 Å². The maximum atomic E-state index is 6.66. The molecule has 0 aromatic rings. The van der Waals surface area contributed by atoms with Gasteiger partial charge >= 0.3 is 0 Å². The molecular formula is C20H38BN. The molecular weight excluding hydrogens is 265 g/mol. The Morgan fingerprint density at radius 1 is 1.05 bits per heavy atom. The quantitative estimate of drug-likeness (QED) is 0.627. The molecule has 3 unspecified atom stereocenters. The van der Waals surface area contributed by atoms with Gasteiger partial charge in [-0.3, -0.25) is 4.90 Å². The lowest BCUT2D eigenvalue weighted by atomic mass is 9.56. The Morgan fingerprint density at radius 3 is 2.14 bits per heavy atom. The fraction of sp³-hybridized carbons (Fsp3) is 1.00. The van der Waals surface area contributed by atoms with Crippen molar-refractivity contribution in [2.45, 2.75) is 104 Å². The Bertz CT molecular complexity index is 381. The molecule has 2 aliphatic rings. The van der Waals surface area contributed by atoms with E-state index >= 15 is 0 Å². The fourth-order valence-electron chi connectivity index (χ4n) is 6.39. The van der Waals surface area contributed by atoms with Crippen molar-refractivity contribution in [1.29, 1.82) is 0 Å². The molecule has 1 saturated carbocycles. The SMILES string of the molecule is [B]C1(C)CCC2C(CCN(C(C)C)C2(CC)CC)C(C)(C)C1. The zero-order chi connectivity index (χ0) is 16.8. The normalized spacial score (nSPS) is 38.5. The van der Waals surface area contributed by atoms with Gasteiger partial charge in [0.15, 0.2) is 0 Å². The van der Waals surface area contributed by atoms with E-state index in [2.05, 4.69) is 53.4 Å². The third-order valence-corrected chi connectivity index (χ3v) is 7.17. The number of nitrogens with zero attached hydrogens (tertiary/aromatic N) is 1. The lowest BCUT2D eigenvalue weighted by Gasteiger charge is -2.59. The smallest absolute Gasteiger partial charge is 0.0742 e. The molecule has 0 aromatic heterocycles. The molecule has 0 amide bonds. The van der Waals surface area contributed by atoms with Gasteiger partial charge < -0.3 is 0 Å². The average molecular weight is 303 g/mol. The van der Waals surface area contributed by atoms with Gasteiger partial charge in [0.25, 0.3) is 0 Å². The van der Waals surface area contributed by atoms with Crippen LogP contribution in [-0.2, 0) is 0 Å². The Hall–Kier alpha value is 0.0249. The summed E-state index contributed by atoms with van der Waals surface area (Å²) >= 11 is 0. The summed E-state index contributed by atoms with van der Waals surface area (Å²) in [6, 6.07) is 0.650. The Kier molecular flexibility index (Phi) is 5.13. The minimum atomic E-state index is 0.0106. The molecule has 0 N–H and O–H groups in total. The van der Waals surface area contributed by atoms with Gasteiger partial charge in [0, 0.05) is 11.6 Å². The first-order chi connectivity index (χ1) is 10.1. The van der Waals surface area contributed by atoms with Crippen LogP contribution < -0.4 is 0 Å². The first-order valence-corrected chi connectivity index (χ1v) is 9.65. The van der Waals surface area contributed by atoms with E-state index in [0.717, 1.165) is 11.8 Å². The minimum Gasteiger partial charge on any atom is -0.295 e. The van der Waals surface area contributed by atoms with Crippen LogP contribution >= 0.6 is 0 Å². The van der Waals surface area contributed by atoms with Gasteiger partial charge in [0.2, 0.25) is 0 Å². The Labute approximate surface area is 141 Å². The summed E-state index contributed by atoms with van der Waals surface area (Å²) in [6.07, 6.45) is 7.58. The fourth-order valence-corrected chi connectivity index (χ4v) is 6.39. The highest BCUT2D eigenvalue weighted by Crippen LogP contribution is 2.58. The van der Waals surface area contributed by atoms with Crippen LogP contribution in [0.25, 0.3) is 0 Å². The monoisotopic (exact) mass is 303 g/mol. The molecule has 3 atom stereocenters. The van der Waals surface area contributed by atoms with Crippen LogP contribution in [0.15, 0.2) is 0 Å². The summed E-state index contributed by atoms with van der Waals surface area (Å²) in [5.74, 6) is 1.63. The van der Waals surface area contributed by atoms with Crippen molar-refractivity contribution in [2.75, 3.05) is 6.54 Å². The number of rotatable bonds is 3. The van der Waals surface area contributed by atoms with Crippen LogP contribution in [-0.4, -0.2) is 30.9 Å². The van der Waals surface area contributed by atoms with Gasteiger partial charge in [-0.2, -0.15) is 0 Å².